The van der Waals surface area contributed by atoms with E-state index in [1.54, 1.807) is 12.1 Å². The van der Waals surface area contributed by atoms with Crippen molar-refractivity contribution in [2.24, 2.45) is 0 Å². The molecule has 5 nitrogen and oxygen atoms in total. The summed E-state index contributed by atoms with van der Waals surface area (Å²) in [6.45, 7) is 2.47. The molecule has 1 spiro atoms. The van der Waals surface area contributed by atoms with E-state index in [-0.39, 0.29) is 4.90 Å². The average molecular weight is 333 g/mol. The van der Waals surface area contributed by atoms with Crippen LogP contribution in [0.4, 0.5) is 14.5 Å². The lowest BCUT2D eigenvalue weighted by Gasteiger charge is -2.39. The molecule has 22 heavy (non-hydrogen) atoms. The Morgan fingerprint density at radius 2 is 1.77 bits per heavy atom. The summed E-state index contributed by atoms with van der Waals surface area (Å²) in [7, 11) is -4.55. The molecule has 0 aliphatic carbocycles. The predicted molar refractivity (Wildman–Crippen MR) is 75.7 cm³/mol. The Kier molecular flexibility index (Phi) is 4.09. The van der Waals surface area contributed by atoms with Crippen molar-refractivity contribution in [3.63, 3.8) is 0 Å². The molecule has 0 aromatic heterocycles. The lowest BCUT2D eigenvalue weighted by atomic mass is 10.0. The van der Waals surface area contributed by atoms with Gasteiger partial charge < -0.3 is 14.4 Å². The number of anilines is 1. The number of halogens is 2. The average Bonchev–Trinajstić information content (AvgIpc) is 2.95. The highest BCUT2D eigenvalue weighted by Gasteiger charge is 2.40. The zero-order valence-electron chi connectivity index (χ0n) is 11.9. The van der Waals surface area contributed by atoms with Crippen LogP contribution in [-0.4, -0.2) is 46.3 Å². The number of benzene rings is 1. The number of alkyl halides is 2. The lowest BCUT2D eigenvalue weighted by molar-refractivity contribution is -0.161. The van der Waals surface area contributed by atoms with Crippen molar-refractivity contribution >= 4 is 15.5 Å². The molecule has 2 aliphatic rings. The van der Waals surface area contributed by atoms with Crippen molar-refractivity contribution in [1.82, 2.24) is 0 Å². The van der Waals surface area contributed by atoms with Gasteiger partial charge in [0.2, 0.25) is 9.84 Å². The van der Waals surface area contributed by atoms with Crippen molar-refractivity contribution in [3.8, 4) is 0 Å². The highest BCUT2D eigenvalue weighted by molar-refractivity contribution is 7.91. The molecule has 2 saturated heterocycles. The van der Waals surface area contributed by atoms with Crippen molar-refractivity contribution in [2.75, 3.05) is 31.2 Å². The minimum Gasteiger partial charge on any atom is -0.366 e. The van der Waals surface area contributed by atoms with Gasteiger partial charge >= 0.3 is 5.76 Å². The van der Waals surface area contributed by atoms with E-state index >= 15 is 0 Å². The Hall–Kier alpha value is -1.25. The van der Waals surface area contributed by atoms with Gasteiger partial charge in [-0.1, -0.05) is 0 Å². The molecule has 1 aromatic carbocycles. The first-order valence-corrected chi connectivity index (χ1v) is 8.63. The second kappa shape index (κ2) is 5.75. The third-order valence-corrected chi connectivity index (χ3v) is 5.39. The molecule has 0 amide bonds. The first kappa shape index (κ1) is 15.6. The SMILES string of the molecule is O=S(=O)(c1ccc(N2CCCC3(C2)OCCO3)cc1)C(F)F. The molecule has 122 valence electrons. The van der Waals surface area contributed by atoms with Crippen molar-refractivity contribution in [3.05, 3.63) is 24.3 Å². The summed E-state index contributed by atoms with van der Waals surface area (Å²) in [5, 5.41) is 0. The fourth-order valence-electron chi connectivity index (χ4n) is 2.89. The maximum atomic E-state index is 12.5. The number of hydrogen-bond donors (Lipinski definition) is 0. The zero-order chi connectivity index (χ0) is 15.8. The van der Waals surface area contributed by atoms with Crippen LogP contribution in [0.1, 0.15) is 12.8 Å². The first-order valence-electron chi connectivity index (χ1n) is 7.08. The molecule has 0 bridgehead atoms. The van der Waals surface area contributed by atoms with Gasteiger partial charge in [-0.2, -0.15) is 8.78 Å². The van der Waals surface area contributed by atoms with E-state index in [1.165, 1.54) is 12.1 Å². The molecule has 8 heteroatoms. The van der Waals surface area contributed by atoms with Crippen LogP contribution in [-0.2, 0) is 19.3 Å². The fourth-order valence-corrected chi connectivity index (χ4v) is 3.61. The van der Waals surface area contributed by atoms with E-state index in [1.807, 2.05) is 4.90 Å². The van der Waals surface area contributed by atoms with Gasteiger partial charge in [0.05, 0.1) is 24.7 Å². The largest absolute Gasteiger partial charge is 0.366 e. The van der Waals surface area contributed by atoms with Crippen molar-refractivity contribution in [2.45, 2.75) is 29.3 Å². The molecular weight excluding hydrogens is 316 g/mol. The molecule has 3 rings (SSSR count). The smallest absolute Gasteiger partial charge is 0.341 e. The summed E-state index contributed by atoms with van der Waals surface area (Å²) < 4.78 is 59.3. The number of rotatable bonds is 3. The number of piperidine rings is 1. The van der Waals surface area contributed by atoms with Crippen LogP contribution in [0.15, 0.2) is 29.2 Å². The van der Waals surface area contributed by atoms with Crippen LogP contribution in [0.3, 0.4) is 0 Å². The summed E-state index contributed by atoms with van der Waals surface area (Å²) in [5.41, 5.74) is 0.770. The lowest BCUT2D eigenvalue weighted by Crippen LogP contribution is -2.49. The molecule has 0 atom stereocenters. The predicted octanol–water partition coefficient (Wildman–Crippen LogP) is 2.03. The standard InChI is InChI=1S/C14H17F2NO4S/c15-13(16)22(18,19)12-4-2-11(3-5-12)17-7-1-6-14(10-17)20-8-9-21-14/h2-5,13H,1,6-10H2. The van der Waals surface area contributed by atoms with Crippen LogP contribution >= 0.6 is 0 Å². The fraction of sp³-hybridized carbons (Fsp3) is 0.571. The molecule has 1 aromatic rings. The maximum Gasteiger partial charge on any atom is 0.341 e. The normalized spacial score (nSPS) is 21.7. The van der Waals surface area contributed by atoms with Crippen LogP contribution in [0.2, 0.25) is 0 Å². The third-order valence-electron chi connectivity index (χ3n) is 4.00. The second-order valence-electron chi connectivity index (χ2n) is 5.43. The molecular formula is C14H17F2NO4S. The monoisotopic (exact) mass is 333 g/mol. The van der Waals surface area contributed by atoms with Crippen molar-refractivity contribution in [1.29, 1.82) is 0 Å². The van der Waals surface area contributed by atoms with E-state index in [0.29, 0.717) is 19.8 Å². The van der Waals surface area contributed by atoms with Crippen LogP contribution < -0.4 is 4.90 Å². The number of ether oxygens (including phenoxy) is 2. The highest BCUT2D eigenvalue weighted by atomic mass is 32.2. The Morgan fingerprint density at radius 1 is 1.14 bits per heavy atom. The Bertz CT molecular complexity index is 627. The Labute approximate surface area is 127 Å². The minimum absolute atomic E-state index is 0.369. The van der Waals surface area contributed by atoms with Gasteiger partial charge in [0.1, 0.15) is 0 Å². The summed E-state index contributed by atoms with van der Waals surface area (Å²) >= 11 is 0. The van der Waals surface area contributed by atoms with Gasteiger partial charge in [-0.15, -0.1) is 0 Å². The van der Waals surface area contributed by atoms with E-state index in [2.05, 4.69) is 0 Å². The van der Waals surface area contributed by atoms with Gasteiger partial charge in [0.15, 0.2) is 5.79 Å². The quantitative estimate of drug-likeness (QED) is 0.847. The molecule has 0 radical (unpaired) electrons. The Morgan fingerprint density at radius 3 is 2.36 bits per heavy atom. The van der Waals surface area contributed by atoms with Gasteiger partial charge in [-0.05, 0) is 30.7 Å². The minimum atomic E-state index is -4.55. The summed E-state index contributed by atoms with van der Waals surface area (Å²) in [6.07, 6.45) is 1.71. The van der Waals surface area contributed by atoms with Crippen molar-refractivity contribution < 1.29 is 26.7 Å². The van der Waals surface area contributed by atoms with E-state index < -0.39 is 21.4 Å². The number of sulfone groups is 1. The van der Waals surface area contributed by atoms with E-state index in [9.17, 15) is 17.2 Å². The van der Waals surface area contributed by atoms with Gasteiger partial charge in [-0.3, -0.25) is 0 Å². The maximum absolute atomic E-state index is 12.5. The molecule has 2 heterocycles. The summed E-state index contributed by atoms with van der Waals surface area (Å²) in [5.74, 6) is -4.00. The topological polar surface area (TPSA) is 55.8 Å². The molecule has 0 unspecified atom stereocenters. The second-order valence-corrected chi connectivity index (χ2v) is 7.35. The van der Waals surface area contributed by atoms with Gasteiger partial charge in [0.25, 0.3) is 0 Å². The highest BCUT2D eigenvalue weighted by Crippen LogP contribution is 2.33. The molecule has 0 N–H and O–H groups in total. The van der Waals surface area contributed by atoms with Gasteiger partial charge in [0, 0.05) is 18.7 Å². The van der Waals surface area contributed by atoms with Crippen LogP contribution in [0.5, 0.6) is 0 Å². The van der Waals surface area contributed by atoms with Crippen LogP contribution in [0, 0.1) is 0 Å². The van der Waals surface area contributed by atoms with Crippen LogP contribution in [0.25, 0.3) is 0 Å². The molecule has 2 aliphatic heterocycles. The molecule has 0 saturated carbocycles. The van der Waals surface area contributed by atoms with E-state index in [0.717, 1.165) is 25.1 Å². The first-order chi connectivity index (χ1) is 10.4. The van der Waals surface area contributed by atoms with Gasteiger partial charge in [-0.25, -0.2) is 8.42 Å². The Balaban J connectivity index is 1.78. The summed E-state index contributed by atoms with van der Waals surface area (Å²) in [6, 6.07) is 5.52. The summed E-state index contributed by atoms with van der Waals surface area (Å²) in [4.78, 5) is 1.65. The number of hydrogen-bond acceptors (Lipinski definition) is 5. The zero-order valence-corrected chi connectivity index (χ0v) is 12.7. The number of nitrogens with zero attached hydrogens (tertiary/aromatic N) is 1. The third kappa shape index (κ3) is 2.82. The molecule has 2 fully saturated rings. The van der Waals surface area contributed by atoms with E-state index in [4.69, 9.17) is 9.47 Å².